The first-order chi connectivity index (χ1) is 10.5. The Hall–Kier alpha value is -3.09. The van der Waals surface area contributed by atoms with Gasteiger partial charge in [0.2, 0.25) is 0 Å². The second kappa shape index (κ2) is 5.36. The number of rotatable bonds is 3. The van der Waals surface area contributed by atoms with Crippen LogP contribution in [-0.4, -0.2) is 19.9 Å². The number of nitro groups is 1. The Kier molecular flexibility index (Phi) is 3.38. The van der Waals surface area contributed by atoms with Gasteiger partial charge in [0.25, 0.3) is 5.69 Å². The highest BCUT2D eigenvalue weighted by molar-refractivity contribution is 5.59. The van der Waals surface area contributed by atoms with Crippen molar-refractivity contribution in [1.82, 2.24) is 15.0 Å². The smallest absolute Gasteiger partial charge is 0.258 e. The second-order valence-electron chi connectivity index (χ2n) is 4.79. The number of hydrogen-bond acceptors (Lipinski definition) is 4. The Bertz CT molecular complexity index is 860. The van der Waals surface area contributed by atoms with E-state index in [1.54, 1.807) is 37.4 Å². The van der Waals surface area contributed by atoms with Crippen molar-refractivity contribution in [2.45, 2.75) is 6.92 Å². The number of aryl methyl sites for hydroxylation is 1. The first-order valence-electron chi connectivity index (χ1n) is 6.48. The van der Waals surface area contributed by atoms with Crippen LogP contribution in [0.2, 0.25) is 0 Å². The highest BCUT2D eigenvalue weighted by atomic mass is 19.1. The van der Waals surface area contributed by atoms with Gasteiger partial charge in [0, 0.05) is 17.7 Å². The third-order valence-electron chi connectivity index (χ3n) is 3.25. The fraction of sp³-hybridized carbons (Fsp3) is 0.0667. The van der Waals surface area contributed by atoms with Gasteiger partial charge in [-0.3, -0.25) is 10.1 Å². The van der Waals surface area contributed by atoms with Gasteiger partial charge in [-0.2, -0.15) is 0 Å². The minimum absolute atomic E-state index is 0.0211. The number of hydrogen-bond donors (Lipinski definition) is 0. The summed E-state index contributed by atoms with van der Waals surface area (Å²) in [5.74, 6) is -0.283. The molecule has 1 heterocycles. The van der Waals surface area contributed by atoms with Crippen molar-refractivity contribution in [2.24, 2.45) is 0 Å². The molecule has 7 heteroatoms. The van der Waals surface area contributed by atoms with Gasteiger partial charge < -0.3 is 0 Å². The summed E-state index contributed by atoms with van der Waals surface area (Å²) in [7, 11) is 0. The van der Waals surface area contributed by atoms with Crippen LogP contribution in [-0.2, 0) is 0 Å². The minimum atomic E-state index is -0.468. The molecule has 0 unspecified atom stereocenters. The van der Waals surface area contributed by atoms with E-state index in [2.05, 4.69) is 10.3 Å². The first-order valence-corrected chi connectivity index (χ1v) is 6.48. The maximum Gasteiger partial charge on any atom is 0.271 e. The highest BCUT2D eigenvalue weighted by Gasteiger charge is 2.10. The fourth-order valence-electron chi connectivity index (χ4n) is 2.08. The molecular formula is C15H11FN4O2. The molecule has 0 spiro atoms. The van der Waals surface area contributed by atoms with Gasteiger partial charge in [0.15, 0.2) is 0 Å². The van der Waals surface area contributed by atoms with Crippen molar-refractivity contribution in [3.8, 4) is 16.9 Å². The van der Waals surface area contributed by atoms with E-state index >= 15 is 0 Å². The molecule has 0 bridgehead atoms. The molecule has 2 aromatic carbocycles. The van der Waals surface area contributed by atoms with Crippen LogP contribution in [0.5, 0.6) is 0 Å². The summed E-state index contributed by atoms with van der Waals surface area (Å²) in [6, 6.07) is 10.8. The van der Waals surface area contributed by atoms with Crippen molar-refractivity contribution in [2.75, 3.05) is 0 Å². The topological polar surface area (TPSA) is 73.8 Å². The molecule has 0 saturated carbocycles. The maximum atomic E-state index is 13.3. The molecule has 0 aliphatic heterocycles. The van der Waals surface area contributed by atoms with E-state index in [1.807, 2.05) is 0 Å². The zero-order valence-corrected chi connectivity index (χ0v) is 11.6. The van der Waals surface area contributed by atoms with Gasteiger partial charge in [-0.05, 0) is 36.8 Å². The van der Waals surface area contributed by atoms with Crippen LogP contribution < -0.4 is 0 Å². The Morgan fingerprint density at radius 1 is 1.23 bits per heavy atom. The van der Waals surface area contributed by atoms with Crippen molar-refractivity contribution in [3.05, 3.63) is 70.2 Å². The van der Waals surface area contributed by atoms with E-state index in [0.29, 0.717) is 16.9 Å². The maximum absolute atomic E-state index is 13.3. The van der Waals surface area contributed by atoms with Crippen LogP contribution in [0.15, 0.2) is 48.7 Å². The van der Waals surface area contributed by atoms with Crippen LogP contribution >= 0.6 is 0 Å². The Balaban J connectivity index is 1.98. The highest BCUT2D eigenvalue weighted by Crippen LogP contribution is 2.21. The first kappa shape index (κ1) is 13.9. The molecule has 0 radical (unpaired) electrons. The summed E-state index contributed by atoms with van der Waals surface area (Å²) in [5, 5.41) is 18.8. The molecule has 0 atom stereocenters. The van der Waals surface area contributed by atoms with Gasteiger partial charge in [0.1, 0.15) is 11.5 Å². The van der Waals surface area contributed by atoms with Crippen molar-refractivity contribution >= 4 is 5.69 Å². The number of nitrogens with zero attached hydrogens (tertiary/aromatic N) is 4. The van der Waals surface area contributed by atoms with Crippen LogP contribution in [0.3, 0.4) is 0 Å². The Labute approximate surface area is 125 Å². The lowest BCUT2D eigenvalue weighted by molar-refractivity contribution is -0.384. The van der Waals surface area contributed by atoms with Crippen molar-refractivity contribution < 1.29 is 9.31 Å². The number of non-ortho nitro benzene ring substituents is 1. The summed E-state index contributed by atoms with van der Waals surface area (Å²) >= 11 is 0. The molecule has 0 aliphatic rings. The number of aromatic nitrogens is 3. The molecule has 0 N–H and O–H groups in total. The number of benzene rings is 2. The average Bonchev–Trinajstić information content (AvgIpc) is 3.00. The summed E-state index contributed by atoms with van der Waals surface area (Å²) in [6.07, 6.45) is 1.64. The zero-order valence-electron chi connectivity index (χ0n) is 11.6. The lowest BCUT2D eigenvalue weighted by atomic mass is 10.1. The van der Waals surface area contributed by atoms with E-state index in [9.17, 15) is 14.5 Å². The van der Waals surface area contributed by atoms with Crippen molar-refractivity contribution in [3.63, 3.8) is 0 Å². The third kappa shape index (κ3) is 2.56. The van der Waals surface area contributed by atoms with Crippen LogP contribution in [0, 0.1) is 22.9 Å². The molecule has 110 valence electrons. The van der Waals surface area contributed by atoms with E-state index in [1.165, 1.54) is 22.9 Å². The average molecular weight is 298 g/mol. The number of halogens is 1. The largest absolute Gasteiger partial charge is 0.271 e. The molecule has 0 fully saturated rings. The normalized spacial score (nSPS) is 10.6. The van der Waals surface area contributed by atoms with E-state index < -0.39 is 4.92 Å². The Morgan fingerprint density at radius 2 is 2.05 bits per heavy atom. The standard InChI is InChI=1S/C15H11FN4O2/c1-10-7-11(5-6-14(10)16)15-9-19(18-17-15)12-3-2-4-13(8-12)20(21)22/h2-9H,1H3. The summed E-state index contributed by atoms with van der Waals surface area (Å²) in [6.45, 7) is 1.67. The molecule has 22 heavy (non-hydrogen) atoms. The molecule has 3 aromatic rings. The van der Waals surface area contributed by atoms with Crippen LogP contribution in [0.4, 0.5) is 10.1 Å². The zero-order chi connectivity index (χ0) is 15.7. The summed E-state index contributed by atoms with van der Waals surface area (Å²) in [5.41, 5.74) is 2.33. The lowest BCUT2D eigenvalue weighted by Crippen LogP contribution is -1.96. The number of nitro benzene ring substituents is 1. The molecular weight excluding hydrogens is 287 g/mol. The second-order valence-corrected chi connectivity index (χ2v) is 4.79. The SMILES string of the molecule is Cc1cc(-c2cn(-c3cccc([N+](=O)[O-])c3)nn2)ccc1F. The van der Waals surface area contributed by atoms with Crippen LogP contribution in [0.25, 0.3) is 16.9 Å². The monoisotopic (exact) mass is 298 g/mol. The Morgan fingerprint density at radius 3 is 2.77 bits per heavy atom. The summed E-state index contributed by atoms with van der Waals surface area (Å²) in [4.78, 5) is 10.3. The molecule has 0 aliphatic carbocycles. The van der Waals surface area contributed by atoms with Gasteiger partial charge >= 0.3 is 0 Å². The fourth-order valence-corrected chi connectivity index (χ4v) is 2.08. The minimum Gasteiger partial charge on any atom is -0.258 e. The predicted molar refractivity (Wildman–Crippen MR) is 78.1 cm³/mol. The molecule has 1 aromatic heterocycles. The molecule has 6 nitrogen and oxygen atoms in total. The lowest BCUT2D eigenvalue weighted by Gasteiger charge is -2.00. The molecule has 0 saturated heterocycles. The molecule has 3 rings (SSSR count). The van der Waals surface area contributed by atoms with E-state index in [0.717, 1.165) is 5.56 Å². The van der Waals surface area contributed by atoms with Gasteiger partial charge in [-0.15, -0.1) is 5.10 Å². The van der Waals surface area contributed by atoms with Gasteiger partial charge in [0.05, 0.1) is 16.8 Å². The van der Waals surface area contributed by atoms with E-state index in [4.69, 9.17) is 0 Å². The third-order valence-corrected chi connectivity index (χ3v) is 3.25. The molecule has 0 amide bonds. The van der Waals surface area contributed by atoms with Gasteiger partial charge in [-0.25, -0.2) is 9.07 Å². The predicted octanol–water partition coefficient (Wildman–Crippen LogP) is 3.29. The van der Waals surface area contributed by atoms with Crippen molar-refractivity contribution in [1.29, 1.82) is 0 Å². The quantitative estimate of drug-likeness (QED) is 0.549. The van der Waals surface area contributed by atoms with Gasteiger partial charge in [-0.1, -0.05) is 11.3 Å². The summed E-state index contributed by atoms with van der Waals surface area (Å²) < 4.78 is 14.7. The van der Waals surface area contributed by atoms with Crippen LogP contribution in [0.1, 0.15) is 5.56 Å². The van der Waals surface area contributed by atoms with E-state index in [-0.39, 0.29) is 11.5 Å².